The van der Waals surface area contributed by atoms with Crippen molar-refractivity contribution in [3.8, 4) is 0 Å². The van der Waals surface area contributed by atoms with Crippen LogP contribution in [-0.4, -0.2) is 72.1 Å². The minimum atomic E-state index is -0.344. The third-order valence-electron chi connectivity index (χ3n) is 7.76. The number of para-hydroxylation sites is 1. The van der Waals surface area contributed by atoms with Gasteiger partial charge in [-0.3, -0.25) is 0 Å². The lowest BCUT2D eigenvalue weighted by Crippen LogP contribution is -2.54. The molecule has 5 nitrogen and oxygen atoms in total. The van der Waals surface area contributed by atoms with Gasteiger partial charge in [0.05, 0.1) is 6.61 Å². The van der Waals surface area contributed by atoms with Crippen molar-refractivity contribution in [2.45, 2.75) is 50.7 Å². The second-order valence-electron chi connectivity index (χ2n) is 9.44. The normalized spacial score (nSPS) is 34.3. The van der Waals surface area contributed by atoms with Gasteiger partial charge in [-0.25, -0.2) is 0 Å². The lowest BCUT2D eigenvalue weighted by atomic mass is 9.76. The number of piperidine rings is 1. The molecule has 0 bridgehead atoms. The smallest absolute Gasteiger partial charge is 0.0617 e. The van der Waals surface area contributed by atoms with E-state index in [0.29, 0.717) is 36.3 Å². The Hall–Kier alpha value is -1.14. The monoisotopic (exact) mass is 387 g/mol. The number of benzene rings is 1. The van der Waals surface area contributed by atoms with Crippen molar-refractivity contribution in [3.63, 3.8) is 0 Å². The number of likely N-dealkylation sites (tertiary alicyclic amines) is 1. The summed E-state index contributed by atoms with van der Waals surface area (Å²) in [5, 5.41) is 24.0. The Bertz CT molecular complexity index is 632. The van der Waals surface area contributed by atoms with Gasteiger partial charge in [-0.05, 0) is 70.2 Å². The molecule has 5 heteroatoms. The van der Waals surface area contributed by atoms with Crippen molar-refractivity contribution in [1.29, 1.82) is 0 Å². The second kappa shape index (κ2) is 8.31. The van der Waals surface area contributed by atoms with Gasteiger partial charge in [-0.15, -0.1) is 0 Å². The van der Waals surface area contributed by atoms with Crippen molar-refractivity contribution < 1.29 is 10.2 Å². The van der Waals surface area contributed by atoms with Gasteiger partial charge in [0.2, 0.25) is 0 Å². The minimum absolute atomic E-state index is 0.110. The molecule has 0 aromatic heterocycles. The van der Waals surface area contributed by atoms with Gasteiger partial charge in [0.15, 0.2) is 0 Å². The Morgan fingerprint density at radius 2 is 1.82 bits per heavy atom. The first kappa shape index (κ1) is 20.1. The first-order valence-electron chi connectivity index (χ1n) is 11.1. The van der Waals surface area contributed by atoms with Gasteiger partial charge in [0, 0.05) is 48.9 Å². The van der Waals surface area contributed by atoms with Crippen molar-refractivity contribution in [3.05, 3.63) is 30.3 Å². The fourth-order valence-corrected chi connectivity index (χ4v) is 6.13. The van der Waals surface area contributed by atoms with E-state index in [-0.39, 0.29) is 18.8 Å². The Balaban J connectivity index is 1.54. The number of aliphatic hydroxyl groups is 2. The molecule has 0 unspecified atom stereocenters. The highest BCUT2D eigenvalue weighted by Crippen LogP contribution is 2.47. The SMILES string of the molecule is CC(C)N1CCC([C@H]2N[C@](CO)(CCO)[C@H]3CN(c4ccccc4)C[C@@H]23)CC1. The summed E-state index contributed by atoms with van der Waals surface area (Å²) in [7, 11) is 0. The summed E-state index contributed by atoms with van der Waals surface area (Å²) in [6.07, 6.45) is 3.09. The first-order chi connectivity index (χ1) is 13.6. The molecule has 0 spiro atoms. The van der Waals surface area contributed by atoms with E-state index in [0.717, 1.165) is 13.1 Å². The number of fused-ring (bicyclic) bond motifs is 1. The highest BCUT2D eigenvalue weighted by atomic mass is 16.3. The Labute approximate surface area is 169 Å². The minimum Gasteiger partial charge on any atom is -0.396 e. The molecule has 1 aromatic carbocycles. The zero-order chi connectivity index (χ0) is 19.7. The Morgan fingerprint density at radius 3 is 2.43 bits per heavy atom. The van der Waals surface area contributed by atoms with Crippen LogP contribution in [0.4, 0.5) is 5.69 Å². The molecule has 4 rings (SSSR count). The molecule has 3 saturated heterocycles. The molecule has 3 heterocycles. The highest BCUT2D eigenvalue weighted by molar-refractivity contribution is 5.48. The van der Waals surface area contributed by atoms with Crippen LogP contribution in [0.2, 0.25) is 0 Å². The predicted molar refractivity (Wildman–Crippen MR) is 114 cm³/mol. The first-order valence-corrected chi connectivity index (χ1v) is 11.1. The fraction of sp³-hybridized carbons (Fsp3) is 0.739. The molecule has 0 amide bonds. The summed E-state index contributed by atoms with van der Waals surface area (Å²) in [5.41, 5.74) is 0.934. The summed E-state index contributed by atoms with van der Waals surface area (Å²) < 4.78 is 0. The van der Waals surface area contributed by atoms with E-state index < -0.39 is 0 Å². The third kappa shape index (κ3) is 3.58. The van der Waals surface area contributed by atoms with Crippen LogP contribution in [0.1, 0.15) is 33.1 Å². The molecule has 0 saturated carbocycles. The summed E-state index contributed by atoms with van der Waals surface area (Å²) >= 11 is 0. The lowest BCUT2D eigenvalue weighted by molar-refractivity contribution is 0.0971. The van der Waals surface area contributed by atoms with Crippen molar-refractivity contribution in [1.82, 2.24) is 10.2 Å². The van der Waals surface area contributed by atoms with E-state index >= 15 is 0 Å². The zero-order valence-corrected chi connectivity index (χ0v) is 17.4. The van der Waals surface area contributed by atoms with Crippen LogP contribution in [0.15, 0.2) is 30.3 Å². The van der Waals surface area contributed by atoms with E-state index in [1.165, 1.54) is 31.6 Å². The van der Waals surface area contributed by atoms with Gasteiger partial charge in [-0.2, -0.15) is 0 Å². The van der Waals surface area contributed by atoms with E-state index in [9.17, 15) is 10.2 Å². The van der Waals surface area contributed by atoms with Gasteiger partial charge < -0.3 is 25.3 Å². The molecule has 3 N–H and O–H groups in total. The number of aliphatic hydroxyl groups excluding tert-OH is 2. The molecule has 0 radical (unpaired) electrons. The number of nitrogens with zero attached hydrogens (tertiary/aromatic N) is 2. The predicted octanol–water partition coefficient (Wildman–Crippen LogP) is 1.94. The molecule has 156 valence electrons. The standard InChI is InChI=1S/C23H37N3O2/c1-17(2)25-11-8-18(9-12-25)22-20-14-26(19-6-4-3-5-7-19)15-21(20)23(16-28,24-22)10-13-27/h3-7,17-18,20-22,24,27-28H,8-16H2,1-2H3/t20-,21+,22-,23+/m1/s1. The maximum absolute atomic E-state index is 10.4. The van der Waals surface area contributed by atoms with Gasteiger partial charge in [0.1, 0.15) is 0 Å². The maximum atomic E-state index is 10.4. The van der Waals surface area contributed by atoms with E-state index in [1.54, 1.807) is 0 Å². The molecule has 3 aliphatic rings. The largest absolute Gasteiger partial charge is 0.396 e. The van der Waals surface area contributed by atoms with Crippen molar-refractivity contribution in [2.24, 2.45) is 17.8 Å². The number of hydrogen-bond donors (Lipinski definition) is 3. The van der Waals surface area contributed by atoms with Crippen LogP contribution in [0.3, 0.4) is 0 Å². The van der Waals surface area contributed by atoms with Crippen molar-refractivity contribution in [2.75, 3.05) is 44.3 Å². The Morgan fingerprint density at radius 1 is 1.11 bits per heavy atom. The molecule has 1 aromatic rings. The topological polar surface area (TPSA) is 59.0 Å². The van der Waals surface area contributed by atoms with Crippen molar-refractivity contribution >= 4 is 5.69 Å². The molecule has 0 aliphatic carbocycles. The van der Waals surface area contributed by atoms with Crippen LogP contribution in [0, 0.1) is 17.8 Å². The summed E-state index contributed by atoms with van der Waals surface area (Å²) in [5.74, 6) is 1.58. The fourth-order valence-electron chi connectivity index (χ4n) is 6.13. The van der Waals surface area contributed by atoms with Crippen LogP contribution in [-0.2, 0) is 0 Å². The maximum Gasteiger partial charge on any atom is 0.0617 e. The van der Waals surface area contributed by atoms with Crippen LogP contribution < -0.4 is 10.2 Å². The Kier molecular flexibility index (Phi) is 5.98. The quantitative estimate of drug-likeness (QED) is 0.697. The molecule has 3 aliphatic heterocycles. The third-order valence-corrected chi connectivity index (χ3v) is 7.76. The van der Waals surface area contributed by atoms with Crippen LogP contribution >= 0.6 is 0 Å². The van der Waals surface area contributed by atoms with E-state index in [2.05, 4.69) is 59.3 Å². The number of hydrogen-bond acceptors (Lipinski definition) is 5. The number of nitrogens with one attached hydrogen (secondary N) is 1. The lowest BCUT2D eigenvalue weighted by Gasteiger charge is -2.40. The summed E-state index contributed by atoms with van der Waals surface area (Å²) in [6, 6.07) is 11.7. The molecular formula is C23H37N3O2. The summed E-state index contributed by atoms with van der Waals surface area (Å²) in [6.45, 7) is 9.17. The van der Waals surface area contributed by atoms with E-state index in [1.807, 2.05) is 0 Å². The molecular weight excluding hydrogens is 350 g/mol. The van der Waals surface area contributed by atoms with Gasteiger partial charge in [-0.1, -0.05) is 18.2 Å². The molecule has 4 atom stereocenters. The van der Waals surface area contributed by atoms with Crippen LogP contribution in [0.5, 0.6) is 0 Å². The van der Waals surface area contributed by atoms with Crippen LogP contribution in [0.25, 0.3) is 0 Å². The van der Waals surface area contributed by atoms with E-state index in [4.69, 9.17) is 0 Å². The molecule has 3 fully saturated rings. The van der Waals surface area contributed by atoms with Gasteiger partial charge in [0.25, 0.3) is 0 Å². The molecule has 28 heavy (non-hydrogen) atoms. The summed E-state index contributed by atoms with van der Waals surface area (Å²) in [4.78, 5) is 5.08. The number of rotatable bonds is 6. The second-order valence-corrected chi connectivity index (χ2v) is 9.44. The average molecular weight is 388 g/mol. The average Bonchev–Trinajstić information content (AvgIpc) is 3.28. The van der Waals surface area contributed by atoms with Gasteiger partial charge >= 0.3 is 0 Å². The zero-order valence-electron chi connectivity index (χ0n) is 17.4. The highest BCUT2D eigenvalue weighted by Gasteiger charge is 2.57. The number of anilines is 1.